The van der Waals surface area contributed by atoms with Crippen LogP contribution in [0.15, 0.2) is 70.6 Å². The average Bonchev–Trinajstić information content (AvgIpc) is 2.55. The second kappa shape index (κ2) is 6.39. The SMILES string of the molecule is CC(C)(C)Oc1ccc(-n2cc(-n3ccccc3=O)ccc2=O)cn1. The Kier molecular flexibility index (Phi) is 4.27. The van der Waals surface area contributed by atoms with Crippen LogP contribution in [0.2, 0.25) is 0 Å². The molecule has 0 bridgehead atoms. The van der Waals surface area contributed by atoms with Crippen LogP contribution in [0.4, 0.5) is 0 Å². The van der Waals surface area contributed by atoms with Gasteiger partial charge in [-0.2, -0.15) is 0 Å². The van der Waals surface area contributed by atoms with Gasteiger partial charge in [-0.05, 0) is 39.0 Å². The van der Waals surface area contributed by atoms with E-state index in [1.807, 2.05) is 20.8 Å². The van der Waals surface area contributed by atoms with Crippen LogP contribution in [0.1, 0.15) is 20.8 Å². The number of aromatic nitrogens is 3. The molecule has 0 spiro atoms. The van der Waals surface area contributed by atoms with E-state index in [0.29, 0.717) is 17.3 Å². The molecule has 0 saturated heterocycles. The van der Waals surface area contributed by atoms with Gasteiger partial charge in [0.25, 0.3) is 11.1 Å². The number of pyridine rings is 3. The quantitative estimate of drug-likeness (QED) is 0.737. The molecule has 0 aliphatic rings. The maximum Gasteiger partial charge on any atom is 0.255 e. The van der Waals surface area contributed by atoms with Crippen molar-refractivity contribution in [3.63, 3.8) is 0 Å². The highest BCUT2D eigenvalue weighted by Crippen LogP contribution is 2.16. The normalized spacial score (nSPS) is 11.3. The summed E-state index contributed by atoms with van der Waals surface area (Å²) < 4.78 is 8.61. The van der Waals surface area contributed by atoms with Crippen LogP contribution >= 0.6 is 0 Å². The largest absolute Gasteiger partial charge is 0.472 e. The van der Waals surface area contributed by atoms with Crippen LogP contribution in [0.25, 0.3) is 11.4 Å². The van der Waals surface area contributed by atoms with Gasteiger partial charge in [-0.25, -0.2) is 4.98 Å². The Morgan fingerprint density at radius 1 is 0.880 bits per heavy atom. The van der Waals surface area contributed by atoms with Gasteiger partial charge in [0, 0.05) is 30.6 Å². The highest BCUT2D eigenvalue weighted by atomic mass is 16.5. The van der Waals surface area contributed by atoms with E-state index in [9.17, 15) is 9.59 Å². The Morgan fingerprint density at radius 2 is 1.60 bits per heavy atom. The topological polar surface area (TPSA) is 66.1 Å². The van der Waals surface area contributed by atoms with Gasteiger partial charge >= 0.3 is 0 Å². The molecule has 6 nitrogen and oxygen atoms in total. The summed E-state index contributed by atoms with van der Waals surface area (Å²) in [5, 5.41) is 0. The Balaban J connectivity index is 2.00. The third kappa shape index (κ3) is 3.85. The Hall–Kier alpha value is -3.15. The second-order valence-corrected chi connectivity index (χ2v) is 6.57. The van der Waals surface area contributed by atoms with Crippen molar-refractivity contribution in [2.24, 2.45) is 0 Å². The Labute approximate surface area is 145 Å². The zero-order chi connectivity index (χ0) is 18.0. The van der Waals surface area contributed by atoms with Gasteiger partial charge < -0.3 is 4.74 Å². The Morgan fingerprint density at radius 3 is 2.24 bits per heavy atom. The van der Waals surface area contributed by atoms with Crippen molar-refractivity contribution in [3.8, 4) is 17.3 Å². The van der Waals surface area contributed by atoms with Crippen molar-refractivity contribution in [2.75, 3.05) is 0 Å². The summed E-state index contributed by atoms with van der Waals surface area (Å²) in [5.74, 6) is 0.486. The van der Waals surface area contributed by atoms with E-state index < -0.39 is 0 Å². The molecule has 6 heteroatoms. The molecule has 128 valence electrons. The fourth-order valence-electron chi connectivity index (χ4n) is 2.35. The lowest BCUT2D eigenvalue weighted by Gasteiger charge is -2.20. The van der Waals surface area contributed by atoms with Crippen LogP contribution in [-0.4, -0.2) is 19.7 Å². The van der Waals surface area contributed by atoms with E-state index >= 15 is 0 Å². The monoisotopic (exact) mass is 337 g/mol. The number of hydrogen-bond donors (Lipinski definition) is 0. The van der Waals surface area contributed by atoms with Gasteiger partial charge in [0.15, 0.2) is 0 Å². The third-order valence-electron chi connectivity index (χ3n) is 3.41. The predicted molar refractivity (Wildman–Crippen MR) is 95.8 cm³/mol. The molecule has 3 heterocycles. The van der Waals surface area contributed by atoms with Crippen molar-refractivity contribution in [1.29, 1.82) is 0 Å². The van der Waals surface area contributed by atoms with Gasteiger partial charge in [0.05, 0.1) is 17.6 Å². The molecule has 0 atom stereocenters. The summed E-state index contributed by atoms with van der Waals surface area (Å²) in [5.41, 5.74) is 0.468. The van der Waals surface area contributed by atoms with E-state index in [1.165, 1.54) is 21.3 Å². The Bertz CT molecular complexity index is 996. The maximum absolute atomic E-state index is 12.2. The zero-order valence-electron chi connectivity index (χ0n) is 14.3. The second-order valence-electron chi connectivity index (χ2n) is 6.57. The molecule has 0 radical (unpaired) electrons. The van der Waals surface area contributed by atoms with Crippen LogP contribution in [0.3, 0.4) is 0 Å². The van der Waals surface area contributed by atoms with Gasteiger partial charge in [-0.15, -0.1) is 0 Å². The molecule has 3 aromatic heterocycles. The van der Waals surface area contributed by atoms with Crippen molar-refractivity contribution in [2.45, 2.75) is 26.4 Å². The first-order valence-electron chi connectivity index (χ1n) is 7.90. The fraction of sp³-hybridized carbons (Fsp3) is 0.211. The molecule has 0 amide bonds. The lowest BCUT2D eigenvalue weighted by Crippen LogP contribution is -2.24. The van der Waals surface area contributed by atoms with E-state index in [4.69, 9.17) is 4.74 Å². The summed E-state index contributed by atoms with van der Waals surface area (Å²) >= 11 is 0. The highest BCUT2D eigenvalue weighted by molar-refractivity contribution is 5.37. The molecule has 0 unspecified atom stereocenters. The number of nitrogens with zero attached hydrogens (tertiary/aromatic N) is 3. The molecule has 0 saturated carbocycles. The molecule has 0 aliphatic heterocycles. The van der Waals surface area contributed by atoms with Crippen molar-refractivity contribution in [3.05, 3.63) is 81.8 Å². The molecule has 3 rings (SSSR count). The first-order valence-corrected chi connectivity index (χ1v) is 7.90. The van der Waals surface area contributed by atoms with Crippen LogP contribution in [-0.2, 0) is 0 Å². The van der Waals surface area contributed by atoms with E-state index in [-0.39, 0.29) is 16.7 Å². The van der Waals surface area contributed by atoms with Crippen LogP contribution < -0.4 is 15.9 Å². The number of hydrogen-bond acceptors (Lipinski definition) is 4. The van der Waals surface area contributed by atoms with Gasteiger partial charge in [-0.3, -0.25) is 18.7 Å². The van der Waals surface area contributed by atoms with E-state index in [0.717, 1.165) is 0 Å². The van der Waals surface area contributed by atoms with Gasteiger partial charge in [-0.1, -0.05) is 6.07 Å². The average molecular weight is 337 g/mol. The zero-order valence-corrected chi connectivity index (χ0v) is 14.3. The molecule has 0 N–H and O–H groups in total. The lowest BCUT2D eigenvalue weighted by atomic mass is 10.2. The van der Waals surface area contributed by atoms with Crippen LogP contribution in [0, 0.1) is 0 Å². The highest BCUT2D eigenvalue weighted by Gasteiger charge is 2.12. The number of rotatable bonds is 3. The fourth-order valence-corrected chi connectivity index (χ4v) is 2.35. The summed E-state index contributed by atoms with van der Waals surface area (Å²) in [6.45, 7) is 5.82. The first kappa shape index (κ1) is 16.7. The number of ether oxygens (including phenoxy) is 1. The summed E-state index contributed by atoms with van der Waals surface area (Å²) in [7, 11) is 0. The summed E-state index contributed by atoms with van der Waals surface area (Å²) in [6.07, 6.45) is 4.84. The van der Waals surface area contributed by atoms with Gasteiger partial charge in [0.2, 0.25) is 5.88 Å². The van der Waals surface area contributed by atoms with Crippen molar-refractivity contribution in [1.82, 2.24) is 14.1 Å². The lowest BCUT2D eigenvalue weighted by molar-refractivity contribution is 0.124. The van der Waals surface area contributed by atoms with E-state index in [1.54, 1.807) is 48.9 Å². The molecule has 25 heavy (non-hydrogen) atoms. The van der Waals surface area contributed by atoms with Crippen molar-refractivity contribution < 1.29 is 4.74 Å². The maximum atomic E-state index is 12.2. The smallest absolute Gasteiger partial charge is 0.255 e. The molecular weight excluding hydrogens is 318 g/mol. The predicted octanol–water partition coefficient (Wildman–Crippen LogP) is 2.56. The molecule has 3 aromatic rings. The molecule has 0 fully saturated rings. The summed E-state index contributed by atoms with van der Waals surface area (Å²) in [4.78, 5) is 28.4. The third-order valence-corrected chi connectivity index (χ3v) is 3.41. The minimum atomic E-state index is -0.347. The molecule has 0 aliphatic carbocycles. The van der Waals surface area contributed by atoms with Gasteiger partial charge in [0.1, 0.15) is 5.60 Å². The van der Waals surface area contributed by atoms with Crippen LogP contribution in [0.5, 0.6) is 5.88 Å². The molecular formula is C19H19N3O3. The van der Waals surface area contributed by atoms with E-state index in [2.05, 4.69) is 4.98 Å². The standard InChI is InChI=1S/C19H19N3O3/c1-19(2,3)25-16-9-7-14(12-20-16)22-13-15(8-10-18(22)24)21-11-5-4-6-17(21)23/h4-13H,1-3H3. The first-order chi connectivity index (χ1) is 11.8. The van der Waals surface area contributed by atoms with Crippen molar-refractivity contribution >= 4 is 0 Å². The summed E-state index contributed by atoms with van der Waals surface area (Å²) in [6, 6.07) is 11.4. The minimum absolute atomic E-state index is 0.167. The minimum Gasteiger partial charge on any atom is -0.472 e. The molecule has 0 aromatic carbocycles.